The first-order valence-electron chi connectivity index (χ1n) is 14.8. The highest BCUT2D eigenvalue weighted by Crippen LogP contribution is 2.28. The lowest BCUT2D eigenvalue weighted by atomic mass is 10.0. The molecule has 0 bridgehead atoms. The summed E-state index contributed by atoms with van der Waals surface area (Å²) in [5.41, 5.74) is 2.62. The van der Waals surface area contributed by atoms with E-state index < -0.39 is 28.5 Å². The molecule has 4 aromatic carbocycles. The Kier molecular flexibility index (Phi) is 12.1. The van der Waals surface area contributed by atoms with Crippen LogP contribution in [0.2, 0.25) is 10.0 Å². The minimum absolute atomic E-state index is 0.0200. The number of amides is 2. The molecule has 1 unspecified atom stereocenters. The van der Waals surface area contributed by atoms with Crippen LogP contribution in [0.3, 0.4) is 0 Å². The van der Waals surface area contributed by atoms with E-state index in [4.69, 9.17) is 27.9 Å². The third-order valence-corrected chi connectivity index (χ3v) is 9.93. The molecule has 0 heterocycles. The second-order valence-corrected chi connectivity index (χ2v) is 13.5. The van der Waals surface area contributed by atoms with E-state index in [1.165, 1.54) is 24.1 Å². The van der Waals surface area contributed by atoms with Gasteiger partial charge in [-0.05, 0) is 73.0 Å². The molecule has 0 aliphatic carbocycles. The molecule has 0 aliphatic heterocycles. The first-order valence-corrected chi connectivity index (χ1v) is 17.0. The number of carbonyl (C=O) groups is 2. The Morgan fingerprint density at radius 3 is 2.15 bits per heavy atom. The number of methoxy groups -OCH3 is 1. The third kappa shape index (κ3) is 8.81. The van der Waals surface area contributed by atoms with Gasteiger partial charge in [0, 0.05) is 19.5 Å². The highest BCUT2D eigenvalue weighted by molar-refractivity contribution is 7.92. The Balaban J connectivity index is 1.81. The second kappa shape index (κ2) is 16.0. The molecule has 0 saturated heterocycles. The molecule has 1 atom stereocenters. The Morgan fingerprint density at radius 2 is 1.54 bits per heavy atom. The van der Waals surface area contributed by atoms with Gasteiger partial charge < -0.3 is 15.0 Å². The van der Waals surface area contributed by atoms with Crippen molar-refractivity contribution in [2.24, 2.45) is 0 Å². The molecule has 0 fully saturated rings. The summed E-state index contributed by atoms with van der Waals surface area (Å²) < 4.78 is 34.6. The third-order valence-electron chi connectivity index (χ3n) is 7.41. The maximum Gasteiger partial charge on any atom is 0.264 e. The van der Waals surface area contributed by atoms with Gasteiger partial charge in [-0.1, -0.05) is 84.2 Å². The van der Waals surface area contributed by atoms with Crippen LogP contribution in [0, 0.1) is 6.92 Å². The monoisotopic (exact) mass is 681 g/mol. The van der Waals surface area contributed by atoms with E-state index in [1.54, 1.807) is 54.6 Å². The molecule has 4 aromatic rings. The van der Waals surface area contributed by atoms with Crippen molar-refractivity contribution in [3.05, 3.63) is 124 Å². The smallest absolute Gasteiger partial charge is 0.264 e. The van der Waals surface area contributed by atoms with Crippen molar-refractivity contribution in [1.82, 2.24) is 10.2 Å². The van der Waals surface area contributed by atoms with E-state index in [0.29, 0.717) is 34.3 Å². The quantitative estimate of drug-likeness (QED) is 0.160. The van der Waals surface area contributed by atoms with Crippen LogP contribution in [0.15, 0.2) is 102 Å². The van der Waals surface area contributed by atoms with Gasteiger partial charge >= 0.3 is 0 Å². The zero-order chi connectivity index (χ0) is 33.3. The van der Waals surface area contributed by atoms with Gasteiger partial charge in [0.2, 0.25) is 11.8 Å². The zero-order valence-electron chi connectivity index (χ0n) is 26.0. The summed E-state index contributed by atoms with van der Waals surface area (Å²) in [5.74, 6) is -0.402. The summed E-state index contributed by atoms with van der Waals surface area (Å²) in [7, 11) is -2.71. The molecule has 11 heteroatoms. The molecule has 8 nitrogen and oxygen atoms in total. The number of aryl methyl sites for hydroxylation is 1. The minimum Gasteiger partial charge on any atom is -0.497 e. The fraction of sp³-hybridized carbons (Fsp3) is 0.257. The Hall–Kier alpha value is -4.05. The SMILES string of the molecule is CCCNC(=O)C(Cc1ccccc1)N(Cc1ccc(Cl)c(Cl)c1)C(=O)CN(c1ccc(OC)cc1)S(=O)(=O)c1ccc(C)cc1. The average Bonchev–Trinajstić information content (AvgIpc) is 3.06. The molecule has 0 radical (unpaired) electrons. The molecule has 242 valence electrons. The summed E-state index contributed by atoms with van der Waals surface area (Å²) in [4.78, 5) is 29.7. The maximum absolute atomic E-state index is 14.5. The second-order valence-electron chi connectivity index (χ2n) is 10.8. The highest BCUT2D eigenvalue weighted by atomic mass is 35.5. The van der Waals surface area contributed by atoms with Crippen LogP contribution in [0.1, 0.15) is 30.0 Å². The van der Waals surface area contributed by atoms with Crippen LogP contribution < -0.4 is 14.4 Å². The topological polar surface area (TPSA) is 96.0 Å². The van der Waals surface area contributed by atoms with Crippen LogP contribution in [0.5, 0.6) is 5.75 Å². The van der Waals surface area contributed by atoms with E-state index in [9.17, 15) is 18.0 Å². The van der Waals surface area contributed by atoms with Crippen molar-refractivity contribution in [2.45, 2.75) is 44.2 Å². The maximum atomic E-state index is 14.5. The molecule has 2 amide bonds. The number of nitrogens with one attached hydrogen (secondary N) is 1. The summed E-state index contributed by atoms with van der Waals surface area (Å²) in [6, 6.07) is 26.2. The van der Waals surface area contributed by atoms with Crippen LogP contribution in [-0.2, 0) is 32.6 Å². The van der Waals surface area contributed by atoms with Crippen molar-refractivity contribution in [2.75, 3.05) is 24.5 Å². The molecule has 4 rings (SSSR count). The van der Waals surface area contributed by atoms with Crippen molar-refractivity contribution in [1.29, 1.82) is 0 Å². The van der Waals surface area contributed by atoms with Gasteiger partial charge in [-0.3, -0.25) is 13.9 Å². The molecular weight excluding hydrogens is 645 g/mol. The van der Waals surface area contributed by atoms with E-state index in [0.717, 1.165) is 15.4 Å². The first kappa shape index (κ1) is 34.8. The zero-order valence-corrected chi connectivity index (χ0v) is 28.3. The number of hydrogen-bond donors (Lipinski definition) is 1. The lowest BCUT2D eigenvalue weighted by molar-refractivity contribution is -0.140. The fourth-order valence-electron chi connectivity index (χ4n) is 4.87. The summed E-state index contributed by atoms with van der Waals surface area (Å²) in [6.45, 7) is 3.62. The van der Waals surface area contributed by atoms with Crippen LogP contribution >= 0.6 is 23.2 Å². The first-order chi connectivity index (χ1) is 22.0. The van der Waals surface area contributed by atoms with Crippen molar-refractivity contribution in [3.63, 3.8) is 0 Å². The van der Waals surface area contributed by atoms with Gasteiger partial charge in [0.05, 0.1) is 27.7 Å². The fourth-order valence-corrected chi connectivity index (χ4v) is 6.60. The van der Waals surface area contributed by atoms with E-state index in [-0.39, 0.29) is 29.5 Å². The standard InChI is InChI=1S/C35H37Cl2N3O5S/c1-4-20-38-35(42)33(22-26-8-6-5-7-9-26)39(23-27-12-19-31(36)32(37)21-27)34(41)24-40(28-13-15-29(45-3)16-14-28)46(43,44)30-17-10-25(2)11-18-30/h5-19,21,33H,4,20,22-24H2,1-3H3,(H,38,42). The number of nitrogens with zero attached hydrogens (tertiary/aromatic N) is 2. The van der Waals surface area contributed by atoms with E-state index >= 15 is 0 Å². The highest BCUT2D eigenvalue weighted by Gasteiger charge is 2.34. The normalized spacial score (nSPS) is 11.8. The summed E-state index contributed by atoms with van der Waals surface area (Å²) in [5, 5.41) is 3.57. The molecule has 0 aliphatic rings. The van der Waals surface area contributed by atoms with Crippen molar-refractivity contribution in [3.8, 4) is 5.75 Å². The number of hydrogen-bond acceptors (Lipinski definition) is 5. The van der Waals surface area contributed by atoms with Gasteiger partial charge in [-0.25, -0.2) is 8.42 Å². The predicted octanol–water partition coefficient (Wildman–Crippen LogP) is 6.67. The number of sulfonamides is 1. The molecule has 0 spiro atoms. The molecule has 0 aromatic heterocycles. The van der Waals surface area contributed by atoms with Gasteiger partial charge in [0.1, 0.15) is 18.3 Å². The number of halogens is 2. The van der Waals surface area contributed by atoms with Crippen LogP contribution in [0.4, 0.5) is 5.69 Å². The van der Waals surface area contributed by atoms with Crippen molar-refractivity contribution >= 4 is 50.7 Å². The van der Waals surface area contributed by atoms with E-state index in [2.05, 4.69) is 5.32 Å². The molecular formula is C35H37Cl2N3O5S. The Morgan fingerprint density at radius 1 is 0.870 bits per heavy atom. The average molecular weight is 683 g/mol. The van der Waals surface area contributed by atoms with Gasteiger partial charge in [-0.2, -0.15) is 0 Å². The number of carbonyl (C=O) groups excluding carboxylic acids is 2. The van der Waals surface area contributed by atoms with Gasteiger partial charge in [-0.15, -0.1) is 0 Å². The number of benzene rings is 4. The lowest BCUT2D eigenvalue weighted by Gasteiger charge is -2.34. The molecule has 46 heavy (non-hydrogen) atoms. The van der Waals surface area contributed by atoms with E-state index in [1.807, 2.05) is 44.2 Å². The minimum atomic E-state index is -4.22. The number of ether oxygens (including phenoxy) is 1. The largest absolute Gasteiger partial charge is 0.497 e. The Labute approximate surface area is 280 Å². The van der Waals surface area contributed by atoms with Gasteiger partial charge in [0.25, 0.3) is 10.0 Å². The van der Waals surface area contributed by atoms with Gasteiger partial charge in [0.15, 0.2) is 0 Å². The van der Waals surface area contributed by atoms with Crippen LogP contribution in [0.25, 0.3) is 0 Å². The number of anilines is 1. The Bertz CT molecular complexity index is 1730. The summed E-state index contributed by atoms with van der Waals surface area (Å²) in [6.07, 6.45) is 0.904. The molecule has 0 saturated carbocycles. The predicted molar refractivity (Wildman–Crippen MR) is 183 cm³/mol. The lowest BCUT2D eigenvalue weighted by Crippen LogP contribution is -2.53. The summed E-state index contributed by atoms with van der Waals surface area (Å²) >= 11 is 12.5. The molecule has 1 N–H and O–H groups in total. The van der Waals surface area contributed by atoms with Crippen molar-refractivity contribution < 1.29 is 22.7 Å². The number of rotatable bonds is 14. The van der Waals surface area contributed by atoms with Crippen LogP contribution in [-0.4, -0.2) is 51.4 Å².